The van der Waals surface area contributed by atoms with Gasteiger partial charge in [-0.05, 0) is 41.8 Å². The van der Waals surface area contributed by atoms with Crippen molar-refractivity contribution >= 4 is 27.3 Å². The third-order valence-electron chi connectivity index (χ3n) is 5.49. The quantitative estimate of drug-likeness (QED) is 0.341. The van der Waals surface area contributed by atoms with Gasteiger partial charge in [-0.1, -0.05) is 43.6 Å². The second-order valence-electron chi connectivity index (χ2n) is 8.88. The van der Waals surface area contributed by atoms with E-state index in [2.05, 4.69) is 4.98 Å². The zero-order valence-corrected chi connectivity index (χ0v) is 22.6. The second-order valence-corrected chi connectivity index (χ2v) is 11.2. The molecule has 1 heterocycles. The SMILES string of the molecule is COCCn1c(CN(CC(C)C)C(=O)c2cccc(Cl)c2)cnc1S(=O)(=O)Cc1cccc(OC)c1. The van der Waals surface area contributed by atoms with E-state index in [9.17, 15) is 13.2 Å². The number of methoxy groups -OCH3 is 2. The van der Waals surface area contributed by atoms with Crippen LogP contribution in [0.5, 0.6) is 5.75 Å². The third-order valence-corrected chi connectivity index (χ3v) is 7.32. The number of imidazole rings is 1. The summed E-state index contributed by atoms with van der Waals surface area (Å²) in [5.41, 5.74) is 1.67. The molecule has 0 aliphatic carbocycles. The first-order valence-corrected chi connectivity index (χ1v) is 13.6. The van der Waals surface area contributed by atoms with Gasteiger partial charge in [0.1, 0.15) is 5.75 Å². The van der Waals surface area contributed by atoms with Gasteiger partial charge in [-0.2, -0.15) is 0 Å². The Morgan fingerprint density at radius 3 is 2.56 bits per heavy atom. The maximum absolute atomic E-state index is 13.4. The van der Waals surface area contributed by atoms with Crippen LogP contribution in [0.2, 0.25) is 5.02 Å². The Morgan fingerprint density at radius 1 is 1.14 bits per heavy atom. The van der Waals surface area contributed by atoms with Crippen LogP contribution in [0.1, 0.15) is 35.5 Å². The van der Waals surface area contributed by atoms with Gasteiger partial charge in [-0.15, -0.1) is 0 Å². The normalized spacial score (nSPS) is 11.6. The molecule has 0 N–H and O–H groups in total. The molecule has 0 aliphatic rings. The molecule has 2 aromatic carbocycles. The number of hydrogen-bond acceptors (Lipinski definition) is 6. The molecular weight excluding hydrogens is 502 g/mol. The van der Waals surface area contributed by atoms with E-state index in [-0.39, 0.29) is 42.4 Å². The zero-order chi connectivity index (χ0) is 26.3. The Bertz CT molecular complexity index is 1290. The number of rotatable bonds is 12. The first kappa shape index (κ1) is 27.7. The molecule has 1 amide bonds. The smallest absolute Gasteiger partial charge is 0.254 e. The van der Waals surface area contributed by atoms with Gasteiger partial charge in [0.15, 0.2) is 0 Å². The standard InChI is InChI=1S/C26H32ClN3O5S/c1-19(2)16-29(25(31)21-8-6-9-22(27)14-21)17-23-15-28-26(30(23)11-12-34-3)36(32,33)18-20-7-5-10-24(13-20)35-4/h5-10,13-15,19H,11-12,16-18H2,1-4H3. The predicted molar refractivity (Wildman–Crippen MR) is 139 cm³/mol. The molecule has 0 saturated heterocycles. The molecule has 8 nitrogen and oxygen atoms in total. The molecule has 36 heavy (non-hydrogen) atoms. The molecule has 0 bridgehead atoms. The maximum Gasteiger partial charge on any atom is 0.254 e. The van der Waals surface area contributed by atoms with Crippen LogP contribution in [0, 0.1) is 5.92 Å². The second kappa shape index (κ2) is 12.4. The minimum absolute atomic E-state index is 0.0583. The van der Waals surface area contributed by atoms with Gasteiger partial charge in [0.05, 0.1) is 37.9 Å². The molecule has 194 valence electrons. The van der Waals surface area contributed by atoms with Crippen LogP contribution in [-0.2, 0) is 33.4 Å². The Labute approximate surface area is 217 Å². The average molecular weight is 534 g/mol. The summed E-state index contributed by atoms with van der Waals surface area (Å²) in [5, 5.41) is 0.415. The summed E-state index contributed by atoms with van der Waals surface area (Å²) in [6.45, 7) is 5.27. The number of sulfone groups is 1. The van der Waals surface area contributed by atoms with Crippen molar-refractivity contribution < 1.29 is 22.7 Å². The predicted octanol–water partition coefficient (Wildman–Crippen LogP) is 4.46. The van der Waals surface area contributed by atoms with Crippen molar-refractivity contribution in [2.75, 3.05) is 27.4 Å². The molecule has 3 aromatic rings. The minimum atomic E-state index is -3.80. The van der Waals surface area contributed by atoms with E-state index in [1.807, 2.05) is 13.8 Å². The first-order chi connectivity index (χ1) is 17.1. The first-order valence-electron chi connectivity index (χ1n) is 11.6. The molecular formula is C26H32ClN3O5S. The lowest BCUT2D eigenvalue weighted by Crippen LogP contribution is -2.34. The fraction of sp³-hybridized carbons (Fsp3) is 0.385. The van der Waals surface area contributed by atoms with Crippen LogP contribution in [0.3, 0.4) is 0 Å². The van der Waals surface area contributed by atoms with Crippen molar-refractivity contribution in [1.82, 2.24) is 14.5 Å². The number of halogens is 1. The lowest BCUT2D eigenvalue weighted by Gasteiger charge is -2.25. The Kier molecular flexibility index (Phi) is 9.53. The van der Waals surface area contributed by atoms with Crippen molar-refractivity contribution in [3.63, 3.8) is 0 Å². The summed E-state index contributed by atoms with van der Waals surface area (Å²) in [6.07, 6.45) is 1.52. The Morgan fingerprint density at radius 2 is 1.89 bits per heavy atom. The minimum Gasteiger partial charge on any atom is -0.497 e. The highest BCUT2D eigenvalue weighted by atomic mass is 35.5. The maximum atomic E-state index is 13.4. The van der Waals surface area contributed by atoms with Gasteiger partial charge in [0, 0.05) is 30.8 Å². The summed E-state index contributed by atoms with van der Waals surface area (Å²) >= 11 is 6.11. The van der Waals surface area contributed by atoms with Gasteiger partial charge in [-0.3, -0.25) is 4.79 Å². The highest BCUT2D eigenvalue weighted by Gasteiger charge is 2.26. The number of amides is 1. The topological polar surface area (TPSA) is 90.7 Å². The summed E-state index contributed by atoms with van der Waals surface area (Å²) in [4.78, 5) is 19.3. The lowest BCUT2D eigenvalue weighted by atomic mass is 10.1. The van der Waals surface area contributed by atoms with E-state index >= 15 is 0 Å². The van der Waals surface area contributed by atoms with Crippen LogP contribution in [0.25, 0.3) is 0 Å². The fourth-order valence-corrected chi connectivity index (χ4v) is 5.59. The number of hydrogen-bond donors (Lipinski definition) is 0. The van der Waals surface area contributed by atoms with Gasteiger partial charge >= 0.3 is 0 Å². The summed E-state index contributed by atoms with van der Waals surface area (Å²) < 4.78 is 38.9. The number of aromatic nitrogens is 2. The van der Waals surface area contributed by atoms with E-state index in [0.29, 0.717) is 34.1 Å². The van der Waals surface area contributed by atoms with Crippen molar-refractivity contribution in [3.8, 4) is 5.75 Å². The Hall–Kier alpha value is -2.88. The van der Waals surface area contributed by atoms with E-state index < -0.39 is 9.84 Å². The third kappa shape index (κ3) is 7.09. The average Bonchev–Trinajstić information content (AvgIpc) is 3.24. The number of carbonyl (C=O) groups excluding carboxylic acids is 1. The van der Waals surface area contributed by atoms with Crippen molar-refractivity contribution in [3.05, 3.63) is 76.6 Å². The molecule has 10 heteroatoms. The molecule has 0 aliphatic heterocycles. The molecule has 3 rings (SSSR count). The molecule has 0 saturated carbocycles. The van der Waals surface area contributed by atoms with E-state index in [1.165, 1.54) is 13.3 Å². The van der Waals surface area contributed by atoms with Crippen LogP contribution < -0.4 is 4.74 Å². The van der Waals surface area contributed by atoms with Gasteiger partial charge in [-0.25, -0.2) is 13.4 Å². The lowest BCUT2D eigenvalue weighted by molar-refractivity contribution is 0.0717. The van der Waals surface area contributed by atoms with E-state index in [4.69, 9.17) is 21.1 Å². The Balaban J connectivity index is 1.95. The number of nitrogens with zero attached hydrogens (tertiary/aromatic N) is 3. The molecule has 1 aromatic heterocycles. The van der Waals surface area contributed by atoms with Gasteiger partial charge in [0.25, 0.3) is 5.91 Å². The number of ether oxygens (including phenoxy) is 2. The van der Waals surface area contributed by atoms with Crippen molar-refractivity contribution in [2.24, 2.45) is 5.92 Å². The van der Waals surface area contributed by atoms with Crippen LogP contribution in [-0.4, -0.2) is 56.1 Å². The zero-order valence-electron chi connectivity index (χ0n) is 21.0. The molecule has 0 spiro atoms. The van der Waals surface area contributed by atoms with Crippen LogP contribution >= 0.6 is 11.6 Å². The molecule has 0 atom stereocenters. The monoisotopic (exact) mass is 533 g/mol. The van der Waals surface area contributed by atoms with Crippen molar-refractivity contribution in [2.45, 2.75) is 37.8 Å². The van der Waals surface area contributed by atoms with Gasteiger partial charge in [0.2, 0.25) is 15.0 Å². The molecule has 0 fully saturated rings. The number of benzene rings is 2. The van der Waals surface area contributed by atoms with Crippen molar-refractivity contribution in [1.29, 1.82) is 0 Å². The van der Waals surface area contributed by atoms with E-state index in [0.717, 1.165) is 0 Å². The highest BCUT2D eigenvalue weighted by Crippen LogP contribution is 2.22. The van der Waals surface area contributed by atoms with Crippen LogP contribution in [0.4, 0.5) is 0 Å². The van der Waals surface area contributed by atoms with E-state index in [1.54, 1.807) is 65.1 Å². The largest absolute Gasteiger partial charge is 0.497 e. The highest BCUT2D eigenvalue weighted by molar-refractivity contribution is 7.90. The van der Waals surface area contributed by atoms with Crippen LogP contribution in [0.15, 0.2) is 59.9 Å². The summed E-state index contributed by atoms with van der Waals surface area (Å²) in [7, 11) is -0.713. The molecule has 0 radical (unpaired) electrons. The summed E-state index contributed by atoms with van der Waals surface area (Å²) in [5.74, 6) is 0.353. The fourth-order valence-electron chi connectivity index (χ4n) is 3.89. The number of carbonyl (C=O) groups is 1. The molecule has 0 unspecified atom stereocenters. The van der Waals surface area contributed by atoms with Gasteiger partial charge < -0.3 is 18.9 Å². The summed E-state index contributed by atoms with van der Waals surface area (Å²) in [6, 6.07) is 13.7.